The smallest absolute Gasteiger partial charge is 0.255 e. The van der Waals surface area contributed by atoms with Gasteiger partial charge < -0.3 is 14.8 Å². The van der Waals surface area contributed by atoms with E-state index in [0.29, 0.717) is 11.4 Å². The van der Waals surface area contributed by atoms with Crippen molar-refractivity contribution in [1.82, 2.24) is 14.5 Å². The van der Waals surface area contributed by atoms with Gasteiger partial charge in [-0.2, -0.15) is 0 Å². The highest BCUT2D eigenvalue weighted by molar-refractivity contribution is 6.05. The molecule has 6 nitrogen and oxygen atoms in total. The molecule has 0 aliphatic carbocycles. The number of benzene rings is 2. The second-order valence-electron chi connectivity index (χ2n) is 7.79. The van der Waals surface area contributed by atoms with Crippen molar-refractivity contribution in [2.75, 3.05) is 5.32 Å². The van der Waals surface area contributed by atoms with E-state index >= 15 is 0 Å². The van der Waals surface area contributed by atoms with Crippen LogP contribution in [-0.4, -0.2) is 32.3 Å². The lowest BCUT2D eigenvalue weighted by Gasteiger charge is -2.30. The van der Waals surface area contributed by atoms with Crippen LogP contribution in [0.3, 0.4) is 0 Å². The number of nitrogens with zero attached hydrogens (tertiary/aromatic N) is 3. The standard InChI is InChI=1S/C25H22N4O2/c1-16(24(30)27-22-13-7-8-14-26-22)29-23(18-10-3-4-11-19(18)25(29)31)20-15-28(2)21-12-6-5-9-17(20)21/h3-16,23H,1-2H3,(H,26,27,30). The maximum atomic E-state index is 13.4. The van der Waals surface area contributed by atoms with Gasteiger partial charge in [0.25, 0.3) is 5.91 Å². The number of rotatable bonds is 4. The minimum absolute atomic E-state index is 0.141. The van der Waals surface area contributed by atoms with Crippen LogP contribution in [0.25, 0.3) is 10.9 Å². The van der Waals surface area contributed by atoms with Gasteiger partial charge >= 0.3 is 0 Å². The maximum Gasteiger partial charge on any atom is 0.255 e. The quantitative estimate of drug-likeness (QED) is 0.550. The number of aryl methyl sites for hydroxylation is 1. The van der Waals surface area contributed by atoms with Gasteiger partial charge in [-0.1, -0.05) is 42.5 Å². The zero-order chi connectivity index (χ0) is 21.5. The van der Waals surface area contributed by atoms with Crippen molar-refractivity contribution < 1.29 is 9.59 Å². The Hall–Kier alpha value is -3.93. The fraction of sp³-hybridized carbons (Fsp3) is 0.160. The molecule has 31 heavy (non-hydrogen) atoms. The Morgan fingerprint density at radius 3 is 2.55 bits per heavy atom. The number of carbonyl (C=O) groups is 2. The van der Waals surface area contributed by atoms with E-state index < -0.39 is 6.04 Å². The van der Waals surface area contributed by atoms with Crippen LogP contribution in [0.15, 0.2) is 79.1 Å². The number of nitrogens with one attached hydrogen (secondary N) is 1. The van der Waals surface area contributed by atoms with E-state index in [0.717, 1.165) is 22.0 Å². The van der Waals surface area contributed by atoms with Gasteiger partial charge in [0.1, 0.15) is 11.9 Å². The predicted octanol–water partition coefficient (Wildman–Crippen LogP) is 4.15. The van der Waals surface area contributed by atoms with Crippen LogP contribution in [0.5, 0.6) is 0 Å². The number of anilines is 1. The molecule has 6 heteroatoms. The molecule has 0 saturated heterocycles. The molecule has 1 N–H and O–H groups in total. The summed E-state index contributed by atoms with van der Waals surface area (Å²) in [5.41, 5.74) is 3.65. The van der Waals surface area contributed by atoms with Gasteiger partial charge in [-0.3, -0.25) is 9.59 Å². The summed E-state index contributed by atoms with van der Waals surface area (Å²) in [5.74, 6) is 0.0486. The van der Waals surface area contributed by atoms with Gasteiger partial charge in [0.2, 0.25) is 5.91 Å². The second-order valence-corrected chi connectivity index (χ2v) is 7.79. The van der Waals surface area contributed by atoms with Crippen molar-refractivity contribution in [2.45, 2.75) is 19.0 Å². The number of pyridine rings is 1. The number of amides is 2. The summed E-state index contributed by atoms with van der Waals surface area (Å²) < 4.78 is 2.06. The van der Waals surface area contributed by atoms with Crippen LogP contribution in [0, 0.1) is 0 Å². The highest BCUT2D eigenvalue weighted by atomic mass is 16.2. The summed E-state index contributed by atoms with van der Waals surface area (Å²) in [7, 11) is 2.00. The first-order valence-corrected chi connectivity index (χ1v) is 10.2. The number of hydrogen-bond donors (Lipinski definition) is 1. The van der Waals surface area contributed by atoms with Gasteiger partial charge in [-0.25, -0.2) is 4.98 Å². The molecule has 4 aromatic rings. The van der Waals surface area contributed by atoms with E-state index in [1.165, 1.54) is 0 Å². The van der Waals surface area contributed by atoms with Crippen LogP contribution in [0.2, 0.25) is 0 Å². The highest BCUT2D eigenvalue weighted by Crippen LogP contribution is 2.42. The summed E-state index contributed by atoms with van der Waals surface area (Å²) in [6.07, 6.45) is 3.68. The lowest BCUT2D eigenvalue weighted by molar-refractivity contribution is -0.120. The Balaban J connectivity index is 1.60. The summed E-state index contributed by atoms with van der Waals surface area (Å²) in [6, 6.07) is 20.0. The van der Waals surface area contributed by atoms with E-state index in [-0.39, 0.29) is 17.9 Å². The number of aromatic nitrogens is 2. The molecule has 0 fully saturated rings. The third kappa shape index (κ3) is 3.08. The Bertz CT molecular complexity index is 1300. The maximum absolute atomic E-state index is 13.4. The van der Waals surface area contributed by atoms with Crippen molar-refractivity contribution in [3.05, 3.63) is 95.8 Å². The van der Waals surface area contributed by atoms with Crippen molar-refractivity contribution in [2.24, 2.45) is 7.05 Å². The van der Waals surface area contributed by atoms with E-state index in [4.69, 9.17) is 0 Å². The molecule has 1 aliphatic rings. The molecule has 0 spiro atoms. The number of para-hydroxylation sites is 1. The minimum Gasteiger partial charge on any atom is -0.350 e. The number of fused-ring (bicyclic) bond motifs is 2. The Kier molecular flexibility index (Phi) is 4.55. The molecular formula is C25H22N4O2. The lowest BCUT2D eigenvalue weighted by atomic mass is 9.97. The molecule has 3 heterocycles. The Morgan fingerprint density at radius 1 is 1.00 bits per heavy atom. The monoisotopic (exact) mass is 410 g/mol. The van der Waals surface area contributed by atoms with Crippen LogP contribution >= 0.6 is 0 Å². The molecule has 2 atom stereocenters. The van der Waals surface area contributed by atoms with Crippen molar-refractivity contribution in [1.29, 1.82) is 0 Å². The second kappa shape index (κ2) is 7.40. The SMILES string of the molecule is CC(C(=O)Nc1ccccn1)N1C(=O)c2ccccc2C1c1cn(C)c2ccccc12. The normalized spacial score (nSPS) is 16.4. The van der Waals surface area contributed by atoms with Crippen LogP contribution in [0.1, 0.15) is 34.5 Å². The van der Waals surface area contributed by atoms with E-state index in [1.54, 1.807) is 30.2 Å². The fourth-order valence-electron chi connectivity index (χ4n) is 4.44. The lowest BCUT2D eigenvalue weighted by Crippen LogP contribution is -2.44. The van der Waals surface area contributed by atoms with E-state index in [9.17, 15) is 9.59 Å². The molecule has 0 bridgehead atoms. The Labute approximate surface area is 180 Å². The van der Waals surface area contributed by atoms with Gasteiger partial charge in [0.05, 0.1) is 6.04 Å². The average molecular weight is 410 g/mol. The zero-order valence-corrected chi connectivity index (χ0v) is 17.3. The van der Waals surface area contributed by atoms with Gasteiger partial charge in [-0.05, 0) is 36.8 Å². The minimum atomic E-state index is -0.689. The Morgan fingerprint density at radius 2 is 1.74 bits per heavy atom. The molecule has 2 unspecified atom stereocenters. The first-order chi connectivity index (χ1) is 15.1. The molecule has 2 aromatic carbocycles. The van der Waals surface area contributed by atoms with Crippen molar-refractivity contribution in [3.63, 3.8) is 0 Å². The largest absolute Gasteiger partial charge is 0.350 e. The average Bonchev–Trinajstić information content (AvgIpc) is 3.28. The molecule has 0 radical (unpaired) electrons. The van der Waals surface area contributed by atoms with Gasteiger partial charge in [0.15, 0.2) is 0 Å². The summed E-state index contributed by atoms with van der Waals surface area (Å²) in [5, 5.41) is 3.90. The van der Waals surface area contributed by atoms with E-state index in [2.05, 4.69) is 33.2 Å². The van der Waals surface area contributed by atoms with Crippen molar-refractivity contribution in [3.8, 4) is 0 Å². The zero-order valence-electron chi connectivity index (χ0n) is 17.3. The molecule has 1 aliphatic heterocycles. The molecule has 0 saturated carbocycles. The third-order valence-electron chi connectivity index (χ3n) is 5.93. The fourth-order valence-corrected chi connectivity index (χ4v) is 4.44. The van der Waals surface area contributed by atoms with Crippen LogP contribution in [-0.2, 0) is 11.8 Å². The van der Waals surface area contributed by atoms with Gasteiger partial charge in [0, 0.05) is 41.5 Å². The molecule has 2 amide bonds. The summed E-state index contributed by atoms with van der Waals surface area (Å²) in [6.45, 7) is 1.76. The van der Waals surface area contributed by atoms with Gasteiger partial charge in [-0.15, -0.1) is 0 Å². The van der Waals surface area contributed by atoms with Crippen LogP contribution < -0.4 is 5.32 Å². The molecule has 5 rings (SSSR count). The number of carbonyl (C=O) groups excluding carboxylic acids is 2. The first-order valence-electron chi connectivity index (χ1n) is 10.2. The predicted molar refractivity (Wildman–Crippen MR) is 120 cm³/mol. The first kappa shape index (κ1) is 19.1. The van der Waals surface area contributed by atoms with Crippen LogP contribution in [0.4, 0.5) is 5.82 Å². The number of hydrogen-bond acceptors (Lipinski definition) is 3. The molecular weight excluding hydrogens is 388 g/mol. The highest BCUT2D eigenvalue weighted by Gasteiger charge is 2.43. The van der Waals surface area contributed by atoms with Crippen molar-refractivity contribution >= 4 is 28.5 Å². The summed E-state index contributed by atoms with van der Waals surface area (Å²) >= 11 is 0. The third-order valence-corrected chi connectivity index (χ3v) is 5.93. The topological polar surface area (TPSA) is 67.2 Å². The van der Waals surface area contributed by atoms with E-state index in [1.807, 2.05) is 49.5 Å². The summed E-state index contributed by atoms with van der Waals surface area (Å²) in [4.78, 5) is 32.4. The molecule has 154 valence electrons. The molecule has 2 aromatic heterocycles.